The van der Waals surface area contributed by atoms with Crippen LogP contribution >= 0.6 is 24.8 Å². The molecule has 1 aliphatic heterocycles. The summed E-state index contributed by atoms with van der Waals surface area (Å²) in [5.74, 6) is -2.51. The minimum absolute atomic E-state index is 0. The van der Waals surface area contributed by atoms with E-state index in [9.17, 15) is 13.6 Å². The van der Waals surface area contributed by atoms with Crippen LogP contribution in [0.1, 0.15) is 6.42 Å². The number of carbonyl (C=O) groups excluding carboxylic acids is 1. The summed E-state index contributed by atoms with van der Waals surface area (Å²) >= 11 is 0. The van der Waals surface area contributed by atoms with Gasteiger partial charge in [-0.05, 0) is 12.1 Å². The van der Waals surface area contributed by atoms with Crippen LogP contribution in [0.15, 0.2) is 36.7 Å². The van der Waals surface area contributed by atoms with Crippen LogP contribution in [-0.2, 0) is 11.8 Å². The number of carbonyl (C=O) groups is 1. The number of alkyl halides is 2. The highest BCUT2D eigenvalue weighted by Gasteiger charge is 2.42. The molecule has 1 aromatic carbocycles. The summed E-state index contributed by atoms with van der Waals surface area (Å²) in [7, 11) is 1.87. The summed E-state index contributed by atoms with van der Waals surface area (Å²) < 4.78 is 28.1. The molecular weight excluding hydrogens is 361 g/mol. The molecule has 5 nitrogen and oxygen atoms in total. The van der Waals surface area contributed by atoms with Gasteiger partial charge in [0.1, 0.15) is 5.82 Å². The third kappa shape index (κ3) is 4.43. The number of aromatic nitrogens is 2. The molecule has 24 heavy (non-hydrogen) atoms. The van der Waals surface area contributed by atoms with Crippen molar-refractivity contribution in [1.82, 2.24) is 14.9 Å². The van der Waals surface area contributed by atoms with Gasteiger partial charge < -0.3 is 9.88 Å². The van der Waals surface area contributed by atoms with E-state index in [1.165, 1.54) is 0 Å². The first kappa shape index (κ1) is 20.3. The summed E-state index contributed by atoms with van der Waals surface area (Å²) in [4.78, 5) is 16.3. The monoisotopic (exact) mass is 378 g/mol. The molecule has 1 aliphatic rings. The lowest BCUT2D eigenvalue weighted by Crippen LogP contribution is -2.35. The first-order chi connectivity index (χ1) is 10.4. The third-order valence-corrected chi connectivity index (χ3v) is 3.64. The van der Waals surface area contributed by atoms with Gasteiger partial charge >= 0.3 is 0 Å². The van der Waals surface area contributed by atoms with Crippen LogP contribution in [0.2, 0.25) is 0 Å². The van der Waals surface area contributed by atoms with E-state index in [4.69, 9.17) is 0 Å². The normalized spacial score (nSPS) is 18.4. The summed E-state index contributed by atoms with van der Waals surface area (Å²) in [5, 5.41) is 5.21. The van der Waals surface area contributed by atoms with E-state index in [2.05, 4.69) is 15.6 Å². The number of imidazole rings is 1. The van der Waals surface area contributed by atoms with Crippen LogP contribution < -0.4 is 10.6 Å². The van der Waals surface area contributed by atoms with Gasteiger partial charge in [0.05, 0.1) is 12.6 Å². The number of hydrogen-bond donors (Lipinski definition) is 2. The molecule has 1 saturated heterocycles. The van der Waals surface area contributed by atoms with E-state index in [-0.39, 0.29) is 24.8 Å². The number of benzene rings is 1. The molecule has 1 fully saturated rings. The van der Waals surface area contributed by atoms with Crippen LogP contribution in [0.4, 0.5) is 14.5 Å². The van der Waals surface area contributed by atoms with Crippen molar-refractivity contribution in [1.29, 1.82) is 0 Å². The van der Waals surface area contributed by atoms with E-state index in [0.29, 0.717) is 5.69 Å². The van der Waals surface area contributed by atoms with Gasteiger partial charge in [-0.2, -0.15) is 0 Å². The van der Waals surface area contributed by atoms with E-state index < -0.39 is 30.8 Å². The molecule has 1 aromatic heterocycles. The molecule has 0 saturated carbocycles. The average molecular weight is 379 g/mol. The Labute approximate surface area is 150 Å². The number of nitrogens with zero attached hydrogens (tertiary/aromatic N) is 2. The highest BCUT2D eigenvalue weighted by molar-refractivity contribution is 5.95. The quantitative estimate of drug-likeness (QED) is 0.863. The lowest BCUT2D eigenvalue weighted by atomic mass is 10.1. The van der Waals surface area contributed by atoms with Crippen molar-refractivity contribution < 1.29 is 13.6 Å². The molecule has 1 unspecified atom stereocenters. The Morgan fingerprint density at radius 2 is 2.17 bits per heavy atom. The van der Waals surface area contributed by atoms with Crippen molar-refractivity contribution in [2.75, 3.05) is 11.9 Å². The second kappa shape index (κ2) is 7.92. The zero-order valence-electron chi connectivity index (χ0n) is 12.8. The molecule has 0 radical (unpaired) electrons. The van der Waals surface area contributed by atoms with Crippen LogP contribution in [0.3, 0.4) is 0 Å². The van der Waals surface area contributed by atoms with Crippen LogP contribution in [0, 0.1) is 0 Å². The van der Waals surface area contributed by atoms with Gasteiger partial charge in [0.2, 0.25) is 5.91 Å². The fourth-order valence-corrected chi connectivity index (χ4v) is 2.51. The number of aryl methyl sites for hydroxylation is 1. The summed E-state index contributed by atoms with van der Waals surface area (Å²) in [6.07, 6.45) is 3.04. The summed E-state index contributed by atoms with van der Waals surface area (Å²) in [5.41, 5.74) is 1.40. The number of hydrogen-bond acceptors (Lipinski definition) is 3. The minimum atomic E-state index is -2.82. The number of rotatable bonds is 3. The Hall–Kier alpha value is -1.70. The number of anilines is 1. The smallest absolute Gasteiger partial charge is 0.262 e. The molecule has 0 bridgehead atoms. The van der Waals surface area contributed by atoms with Crippen molar-refractivity contribution in [2.45, 2.75) is 18.4 Å². The van der Waals surface area contributed by atoms with Crippen molar-refractivity contribution in [3.05, 3.63) is 36.7 Å². The van der Waals surface area contributed by atoms with Gasteiger partial charge in [-0.15, -0.1) is 24.8 Å². The summed E-state index contributed by atoms with van der Waals surface area (Å²) in [6, 6.07) is 6.29. The van der Waals surface area contributed by atoms with E-state index in [0.717, 1.165) is 11.4 Å². The van der Waals surface area contributed by atoms with Crippen LogP contribution in [0.5, 0.6) is 0 Å². The lowest BCUT2D eigenvalue weighted by molar-refractivity contribution is -0.118. The largest absolute Gasteiger partial charge is 0.334 e. The number of nitrogens with one attached hydrogen (secondary N) is 2. The molecule has 2 aromatic rings. The van der Waals surface area contributed by atoms with Gasteiger partial charge in [0.25, 0.3) is 5.92 Å². The molecule has 0 spiro atoms. The fourth-order valence-electron chi connectivity index (χ4n) is 2.51. The Bertz CT molecular complexity index is 708. The van der Waals surface area contributed by atoms with Crippen molar-refractivity contribution in [3.63, 3.8) is 0 Å². The maximum atomic E-state index is 13.1. The molecule has 2 N–H and O–H groups in total. The van der Waals surface area contributed by atoms with Gasteiger partial charge in [-0.3, -0.25) is 10.1 Å². The predicted molar refractivity (Wildman–Crippen MR) is 93.1 cm³/mol. The molecule has 132 valence electrons. The predicted octanol–water partition coefficient (Wildman–Crippen LogP) is 2.87. The number of halogens is 4. The van der Waals surface area contributed by atoms with Gasteiger partial charge in [-0.25, -0.2) is 13.8 Å². The highest BCUT2D eigenvalue weighted by Crippen LogP contribution is 2.26. The molecule has 0 aliphatic carbocycles. The van der Waals surface area contributed by atoms with Crippen molar-refractivity contribution in [3.8, 4) is 11.4 Å². The van der Waals surface area contributed by atoms with E-state index in [1.807, 2.05) is 23.9 Å². The first-order valence-corrected chi connectivity index (χ1v) is 6.94. The second-order valence-electron chi connectivity index (χ2n) is 5.43. The van der Waals surface area contributed by atoms with Crippen LogP contribution in [-0.4, -0.2) is 34.0 Å². The van der Waals surface area contributed by atoms with Crippen LogP contribution in [0.25, 0.3) is 11.4 Å². The highest BCUT2D eigenvalue weighted by atomic mass is 35.5. The van der Waals surface area contributed by atoms with E-state index in [1.54, 1.807) is 24.4 Å². The summed E-state index contributed by atoms with van der Waals surface area (Å²) in [6.45, 7) is -0.460. The Morgan fingerprint density at radius 1 is 1.42 bits per heavy atom. The SMILES string of the molecule is Cl.Cl.Cn1ccnc1-c1cccc(NC(=O)C2CC(F)(F)CN2)c1. The molecule has 1 amide bonds. The van der Waals surface area contributed by atoms with Crippen molar-refractivity contribution >= 4 is 36.4 Å². The fraction of sp³-hybridized carbons (Fsp3) is 0.333. The third-order valence-electron chi connectivity index (χ3n) is 3.64. The standard InChI is InChI=1S/C15H16F2N4O.2ClH/c1-21-6-5-18-13(21)10-3-2-4-11(7-10)20-14(22)12-8-15(16,17)9-19-12;;/h2-7,12,19H,8-9H2,1H3,(H,20,22);2*1H. The topological polar surface area (TPSA) is 59.0 Å². The zero-order valence-corrected chi connectivity index (χ0v) is 14.5. The van der Waals surface area contributed by atoms with Gasteiger partial charge in [0, 0.05) is 37.1 Å². The Kier molecular flexibility index (Phi) is 6.71. The first-order valence-electron chi connectivity index (χ1n) is 6.94. The Morgan fingerprint density at radius 3 is 2.75 bits per heavy atom. The second-order valence-corrected chi connectivity index (χ2v) is 5.43. The number of amides is 1. The average Bonchev–Trinajstić information content (AvgIpc) is 3.05. The molecular formula is C15H18Cl2F2N4O. The van der Waals surface area contributed by atoms with Crippen molar-refractivity contribution in [2.24, 2.45) is 7.05 Å². The maximum absolute atomic E-state index is 13.1. The lowest BCUT2D eigenvalue weighted by Gasteiger charge is -2.12. The molecule has 1 atom stereocenters. The zero-order chi connectivity index (χ0) is 15.7. The Balaban J connectivity index is 0.00000144. The maximum Gasteiger partial charge on any atom is 0.262 e. The van der Waals surface area contributed by atoms with Gasteiger partial charge in [-0.1, -0.05) is 12.1 Å². The molecule has 3 rings (SSSR count). The minimum Gasteiger partial charge on any atom is -0.334 e. The van der Waals surface area contributed by atoms with Gasteiger partial charge in [0.15, 0.2) is 0 Å². The van der Waals surface area contributed by atoms with E-state index >= 15 is 0 Å². The molecule has 9 heteroatoms. The molecule has 2 heterocycles.